The highest BCUT2D eigenvalue weighted by molar-refractivity contribution is 7.71. The largest absolute Gasteiger partial charge is 0.331 e. The summed E-state index contributed by atoms with van der Waals surface area (Å²) in [4.78, 5) is 3.16. The van der Waals surface area contributed by atoms with Gasteiger partial charge in [-0.25, -0.2) is 0 Å². The fraction of sp³-hybridized carbons (Fsp3) is 0.0714. The Hall–Kier alpha value is -1.87. The quantitative estimate of drug-likeness (QED) is 0.634. The summed E-state index contributed by atoms with van der Waals surface area (Å²) in [6.45, 7) is 1.99. The molecule has 0 fully saturated rings. The van der Waals surface area contributed by atoms with Crippen LogP contribution in [0.2, 0.25) is 0 Å². The van der Waals surface area contributed by atoms with E-state index in [0.717, 1.165) is 11.4 Å². The van der Waals surface area contributed by atoms with Crippen molar-refractivity contribution in [1.29, 1.82) is 0 Å². The molecule has 0 aliphatic carbocycles. The first kappa shape index (κ1) is 11.6. The highest BCUT2D eigenvalue weighted by Gasteiger charge is 1.99. The Balaban J connectivity index is 2.35. The molecular weight excluding hydrogens is 228 g/mol. The number of nitrogens with zero attached hydrogens (tertiary/aromatic N) is 1. The molecule has 17 heavy (non-hydrogen) atoms. The Morgan fingerprint density at radius 2 is 1.94 bits per heavy atom. The van der Waals surface area contributed by atoms with Crippen LogP contribution in [0.1, 0.15) is 12.6 Å². The van der Waals surface area contributed by atoms with Crippen LogP contribution in [0.15, 0.2) is 54.8 Å². The monoisotopic (exact) mass is 242 g/mol. The van der Waals surface area contributed by atoms with Crippen molar-refractivity contribution in [3.8, 4) is 5.69 Å². The molecule has 2 nitrogen and oxygen atoms in total. The van der Waals surface area contributed by atoms with Crippen molar-refractivity contribution < 1.29 is 0 Å². The van der Waals surface area contributed by atoms with E-state index in [9.17, 15) is 0 Å². The number of para-hydroxylation sites is 1. The van der Waals surface area contributed by atoms with Crippen molar-refractivity contribution in [1.82, 2.24) is 9.55 Å². The summed E-state index contributed by atoms with van der Waals surface area (Å²) in [7, 11) is 0. The van der Waals surface area contributed by atoms with Crippen LogP contribution in [-0.2, 0) is 0 Å². The molecule has 2 rings (SSSR count). The predicted octanol–water partition coefficient (Wildman–Crippen LogP) is 4.12. The molecule has 3 heteroatoms. The van der Waals surface area contributed by atoms with E-state index in [0.29, 0.717) is 4.77 Å². The fourth-order valence-corrected chi connectivity index (χ4v) is 1.83. The second-order valence-corrected chi connectivity index (χ2v) is 3.99. The van der Waals surface area contributed by atoms with Gasteiger partial charge in [0.15, 0.2) is 4.77 Å². The van der Waals surface area contributed by atoms with E-state index in [1.807, 2.05) is 72.3 Å². The van der Waals surface area contributed by atoms with Gasteiger partial charge in [-0.2, -0.15) is 0 Å². The molecule has 0 amide bonds. The van der Waals surface area contributed by atoms with Crippen LogP contribution in [0.5, 0.6) is 0 Å². The van der Waals surface area contributed by atoms with E-state index < -0.39 is 0 Å². The molecule has 1 heterocycles. The minimum absolute atomic E-state index is 0.705. The van der Waals surface area contributed by atoms with Crippen LogP contribution in [0.3, 0.4) is 0 Å². The molecule has 1 N–H and O–H groups in total. The first-order valence-corrected chi connectivity index (χ1v) is 5.88. The average Bonchev–Trinajstić information content (AvgIpc) is 2.72. The lowest BCUT2D eigenvalue weighted by atomic mass is 10.3. The van der Waals surface area contributed by atoms with E-state index in [1.54, 1.807) is 0 Å². The van der Waals surface area contributed by atoms with E-state index >= 15 is 0 Å². The fourth-order valence-electron chi connectivity index (χ4n) is 1.55. The number of rotatable bonds is 3. The smallest absolute Gasteiger partial charge is 0.182 e. The summed E-state index contributed by atoms with van der Waals surface area (Å²) in [6.07, 6.45) is 9.94. The van der Waals surface area contributed by atoms with Crippen molar-refractivity contribution in [3.05, 3.63) is 65.2 Å². The number of nitrogens with one attached hydrogen (secondary N) is 1. The number of hydrogen-bond acceptors (Lipinski definition) is 1. The number of aromatic amines is 1. The molecule has 0 spiro atoms. The Morgan fingerprint density at radius 1 is 1.18 bits per heavy atom. The third-order valence-corrected chi connectivity index (χ3v) is 2.65. The van der Waals surface area contributed by atoms with Gasteiger partial charge in [0, 0.05) is 11.9 Å². The molecule has 0 saturated carbocycles. The maximum Gasteiger partial charge on any atom is 0.182 e. The highest BCUT2D eigenvalue weighted by atomic mass is 32.1. The van der Waals surface area contributed by atoms with Crippen molar-refractivity contribution in [2.45, 2.75) is 6.92 Å². The first-order valence-electron chi connectivity index (χ1n) is 5.47. The Bertz CT molecular complexity index is 588. The molecule has 86 valence electrons. The molecule has 1 aromatic heterocycles. The molecule has 2 aromatic rings. The van der Waals surface area contributed by atoms with Crippen LogP contribution >= 0.6 is 12.2 Å². The van der Waals surface area contributed by atoms with E-state index in [4.69, 9.17) is 12.2 Å². The maximum absolute atomic E-state index is 5.29. The summed E-state index contributed by atoms with van der Waals surface area (Å²) >= 11 is 5.29. The van der Waals surface area contributed by atoms with Crippen molar-refractivity contribution >= 4 is 18.3 Å². The van der Waals surface area contributed by atoms with Crippen molar-refractivity contribution in [3.63, 3.8) is 0 Å². The van der Waals surface area contributed by atoms with Gasteiger partial charge in [-0.05, 0) is 37.4 Å². The van der Waals surface area contributed by atoms with Gasteiger partial charge in [0.05, 0.1) is 5.69 Å². The molecule has 1 aromatic carbocycles. The summed E-state index contributed by atoms with van der Waals surface area (Å²) < 4.78 is 2.67. The van der Waals surface area contributed by atoms with Gasteiger partial charge in [-0.3, -0.25) is 4.57 Å². The van der Waals surface area contributed by atoms with E-state index in [2.05, 4.69) is 4.98 Å². The Labute approximate surface area is 106 Å². The van der Waals surface area contributed by atoms with Gasteiger partial charge in [0.2, 0.25) is 0 Å². The predicted molar refractivity (Wildman–Crippen MR) is 74.8 cm³/mol. The molecule has 0 radical (unpaired) electrons. The first-order chi connectivity index (χ1) is 8.31. The van der Waals surface area contributed by atoms with Gasteiger partial charge in [0.25, 0.3) is 0 Å². The number of hydrogen-bond donors (Lipinski definition) is 1. The average molecular weight is 242 g/mol. The number of allylic oxidation sites excluding steroid dienone is 3. The van der Waals surface area contributed by atoms with Crippen LogP contribution in [-0.4, -0.2) is 9.55 Å². The summed E-state index contributed by atoms with van der Waals surface area (Å²) in [5.41, 5.74) is 2.07. The van der Waals surface area contributed by atoms with Crippen molar-refractivity contribution in [2.75, 3.05) is 0 Å². The molecule has 0 aliphatic rings. The molecule has 0 aliphatic heterocycles. The SMILES string of the molecule is C/C=C\C=C/c1cn(-c2ccccc2)c(=S)[nH]1. The zero-order valence-electron chi connectivity index (χ0n) is 9.63. The van der Waals surface area contributed by atoms with Gasteiger partial charge >= 0.3 is 0 Å². The molecule has 0 atom stereocenters. The Kier molecular flexibility index (Phi) is 3.73. The maximum atomic E-state index is 5.29. The topological polar surface area (TPSA) is 20.7 Å². The highest BCUT2D eigenvalue weighted by Crippen LogP contribution is 2.10. The normalized spacial score (nSPS) is 11.6. The minimum Gasteiger partial charge on any atom is -0.331 e. The van der Waals surface area contributed by atoms with Crippen LogP contribution in [0.25, 0.3) is 11.8 Å². The van der Waals surface area contributed by atoms with Gasteiger partial charge in [-0.1, -0.05) is 36.4 Å². The second-order valence-electron chi connectivity index (χ2n) is 3.61. The molecule has 0 saturated heterocycles. The summed E-state index contributed by atoms with van der Waals surface area (Å²) in [5.74, 6) is 0. The van der Waals surface area contributed by atoms with Crippen LogP contribution in [0.4, 0.5) is 0 Å². The lowest BCUT2D eigenvalue weighted by Crippen LogP contribution is -1.90. The Morgan fingerprint density at radius 3 is 2.65 bits per heavy atom. The van der Waals surface area contributed by atoms with Crippen molar-refractivity contribution in [2.24, 2.45) is 0 Å². The van der Waals surface area contributed by atoms with Gasteiger partial charge in [-0.15, -0.1) is 0 Å². The standard InChI is InChI=1S/C14H14N2S/c1-2-3-5-8-12-11-16(14(17)15-12)13-9-6-4-7-10-13/h2-11H,1H3,(H,15,17)/b3-2-,8-5-. The zero-order chi connectivity index (χ0) is 12.1. The lowest BCUT2D eigenvalue weighted by molar-refractivity contribution is 1.03. The van der Waals surface area contributed by atoms with Crippen LogP contribution < -0.4 is 0 Å². The second kappa shape index (κ2) is 5.46. The van der Waals surface area contributed by atoms with Gasteiger partial charge < -0.3 is 4.98 Å². The minimum atomic E-state index is 0.705. The zero-order valence-corrected chi connectivity index (χ0v) is 10.4. The molecular formula is C14H14N2S. The third-order valence-electron chi connectivity index (χ3n) is 2.35. The molecule has 0 bridgehead atoms. The molecule has 0 unspecified atom stereocenters. The number of imidazole rings is 1. The van der Waals surface area contributed by atoms with Crippen LogP contribution in [0, 0.1) is 4.77 Å². The number of aromatic nitrogens is 2. The summed E-state index contributed by atoms with van der Waals surface area (Å²) in [6, 6.07) is 10.1. The lowest BCUT2D eigenvalue weighted by Gasteiger charge is -1.99. The van der Waals surface area contributed by atoms with E-state index in [1.165, 1.54) is 0 Å². The van der Waals surface area contributed by atoms with E-state index in [-0.39, 0.29) is 0 Å². The third kappa shape index (κ3) is 2.82. The number of H-pyrrole nitrogens is 1. The number of benzene rings is 1. The van der Waals surface area contributed by atoms with Gasteiger partial charge in [0.1, 0.15) is 0 Å². The summed E-state index contributed by atoms with van der Waals surface area (Å²) in [5, 5.41) is 0.